The van der Waals surface area contributed by atoms with Crippen LogP contribution in [0, 0.1) is 5.82 Å². The second kappa shape index (κ2) is 10.5. The number of imidazole rings is 1. The van der Waals surface area contributed by atoms with Crippen LogP contribution in [-0.4, -0.2) is 34.0 Å². The summed E-state index contributed by atoms with van der Waals surface area (Å²) in [4.78, 5) is 7.95. The van der Waals surface area contributed by atoms with Gasteiger partial charge in [0.15, 0.2) is 5.16 Å². The van der Waals surface area contributed by atoms with Gasteiger partial charge in [-0.2, -0.15) is 0 Å². The molecule has 0 aliphatic rings. The number of nitrogens with zero attached hydrogens (tertiary/aromatic N) is 2. The van der Waals surface area contributed by atoms with E-state index in [2.05, 4.69) is 23.4 Å². The average Bonchev–Trinajstić information content (AvgIpc) is 3.54. The van der Waals surface area contributed by atoms with Gasteiger partial charge >= 0.3 is 0 Å². The van der Waals surface area contributed by atoms with Gasteiger partial charge in [0, 0.05) is 34.0 Å². The number of thioether (sulfide) groups is 1. The molecular formula is C29H27ClFN3O2S. The van der Waals surface area contributed by atoms with Crippen molar-refractivity contribution < 1.29 is 13.9 Å². The van der Waals surface area contributed by atoms with Crippen LogP contribution in [-0.2, 0) is 5.41 Å². The number of hydrogen-bond donors (Lipinski definition) is 1. The molecule has 37 heavy (non-hydrogen) atoms. The van der Waals surface area contributed by atoms with Crippen LogP contribution in [0.1, 0.15) is 25.1 Å². The number of rotatable bonds is 9. The summed E-state index contributed by atoms with van der Waals surface area (Å²) >= 11 is 7.88. The third-order valence-electron chi connectivity index (χ3n) is 6.44. The minimum absolute atomic E-state index is 0.283. The molecule has 0 fully saturated rings. The number of ether oxygens (including phenoxy) is 2. The van der Waals surface area contributed by atoms with Gasteiger partial charge in [-0.05, 0) is 66.2 Å². The SMILES string of the molecule is COc1cc(C(C)(C)c2cnc(SCCOc3ccc4[nH]ccc4c3)n2-c2ccc(F)cc2)ccc1Cl. The number of aromatic amines is 1. The predicted molar refractivity (Wildman–Crippen MR) is 148 cm³/mol. The molecule has 0 saturated carbocycles. The largest absolute Gasteiger partial charge is 0.495 e. The summed E-state index contributed by atoms with van der Waals surface area (Å²) in [5.41, 5.74) is 3.46. The fourth-order valence-electron chi connectivity index (χ4n) is 4.33. The molecule has 5 nitrogen and oxygen atoms in total. The van der Waals surface area contributed by atoms with Crippen molar-refractivity contribution in [3.8, 4) is 17.2 Å². The predicted octanol–water partition coefficient (Wildman–Crippen LogP) is 7.65. The van der Waals surface area contributed by atoms with Crippen molar-refractivity contribution in [3.05, 3.63) is 101 Å². The number of aromatic nitrogens is 3. The van der Waals surface area contributed by atoms with Crippen molar-refractivity contribution in [1.29, 1.82) is 0 Å². The Morgan fingerprint density at radius 2 is 1.86 bits per heavy atom. The molecule has 190 valence electrons. The Hall–Kier alpha value is -3.42. The zero-order valence-electron chi connectivity index (χ0n) is 20.8. The lowest BCUT2D eigenvalue weighted by Crippen LogP contribution is -2.23. The van der Waals surface area contributed by atoms with Crippen LogP contribution in [0.25, 0.3) is 16.6 Å². The van der Waals surface area contributed by atoms with E-state index in [4.69, 9.17) is 26.1 Å². The van der Waals surface area contributed by atoms with Gasteiger partial charge in [-0.3, -0.25) is 4.57 Å². The highest BCUT2D eigenvalue weighted by atomic mass is 35.5. The summed E-state index contributed by atoms with van der Waals surface area (Å²) < 4.78 is 27.3. The third-order valence-corrected chi connectivity index (χ3v) is 7.66. The van der Waals surface area contributed by atoms with Gasteiger partial charge < -0.3 is 14.5 Å². The zero-order valence-corrected chi connectivity index (χ0v) is 22.4. The molecule has 5 aromatic rings. The van der Waals surface area contributed by atoms with Crippen molar-refractivity contribution in [2.45, 2.75) is 24.4 Å². The van der Waals surface area contributed by atoms with Gasteiger partial charge in [0.25, 0.3) is 0 Å². The molecule has 0 unspecified atom stereocenters. The fourth-order valence-corrected chi connectivity index (χ4v) is 5.33. The molecular weight excluding hydrogens is 509 g/mol. The van der Waals surface area contributed by atoms with Gasteiger partial charge in [-0.25, -0.2) is 9.37 Å². The number of H-pyrrole nitrogens is 1. The summed E-state index contributed by atoms with van der Waals surface area (Å²) in [6.07, 6.45) is 3.80. The minimum atomic E-state index is -0.444. The molecule has 0 atom stereocenters. The molecule has 0 bridgehead atoms. The smallest absolute Gasteiger partial charge is 0.172 e. The fraction of sp³-hybridized carbons (Fsp3) is 0.207. The Morgan fingerprint density at radius 3 is 2.65 bits per heavy atom. The highest BCUT2D eigenvalue weighted by molar-refractivity contribution is 7.99. The average molecular weight is 536 g/mol. The molecule has 2 heterocycles. The Morgan fingerprint density at radius 1 is 1.05 bits per heavy atom. The number of hydrogen-bond acceptors (Lipinski definition) is 4. The third kappa shape index (κ3) is 5.20. The number of nitrogens with one attached hydrogen (secondary N) is 1. The van der Waals surface area contributed by atoms with E-state index in [1.54, 1.807) is 31.0 Å². The number of methoxy groups -OCH3 is 1. The van der Waals surface area contributed by atoms with Crippen LogP contribution in [0.4, 0.5) is 4.39 Å². The number of benzene rings is 3. The number of halogens is 2. The van der Waals surface area contributed by atoms with E-state index in [1.807, 2.05) is 54.9 Å². The van der Waals surface area contributed by atoms with Crippen molar-refractivity contribution in [2.75, 3.05) is 19.5 Å². The molecule has 0 aliphatic heterocycles. The Bertz CT molecular complexity index is 1530. The maximum absolute atomic E-state index is 13.8. The van der Waals surface area contributed by atoms with Gasteiger partial charge in [-0.15, -0.1) is 0 Å². The van der Waals surface area contributed by atoms with Crippen molar-refractivity contribution in [2.24, 2.45) is 0 Å². The summed E-state index contributed by atoms with van der Waals surface area (Å²) in [6.45, 7) is 4.77. The van der Waals surface area contributed by atoms with Crippen molar-refractivity contribution >= 4 is 34.3 Å². The minimum Gasteiger partial charge on any atom is -0.495 e. The van der Waals surface area contributed by atoms with E-state index in [0.717, 1.165) is 38.8 Å². The summed E-state index contributed by atoms with van der Waals surface area (Å²) in [5, 5.41) is 2.48. The Balaban J connectivity index is 1.41. The van der Waals surface area contributed by atoms with Gasteiger partial charge in [-0.1, -0.05) is 43.3 Å². The molecule has 0 spiro atoms. The summed E-state index contributed by atoms with van der Waals surface area (Å²) in [7, 11) is 1.61. The van der Waals surface area contributed by atoms with Crippen molar-refractivity contribution in [1.82, 2.24) is 14.5 Å². The van der Waals surface area contributed by atoms with E-state index >= 15 is 0 Å². The first-order valence-electron chi connectivity index (χ1n) is 11.9. The topological polar surface area (TPSA) is 52.1 Å². The summed E-state index contributed by atoms with van der Waals surface area (Å²) in [5.74, 6) is 1.85. The molecule has 8 heteroatoms. The van der Waals surface area contributed by atoms with E-state index in [0.29, 0.717) is 23.1 Å². The van der Waals surface area contributed by atoms with Crippen LogP contribution >= 0.6 is 23.4 Å². The highest BCUT2D eigenvalue weighted by Gasteiger charge is 2.30. The van der Waals surface area contributed by atoms with E-state index < -0.39 is 5.41 Å². The lowest BCUT2D eigenvalue weighted by molar-refractivity contribution is 0.344. The van der Waals surface area contributed by atoms with E-state index in [9.17, 15) is 4.39 Å². The molecule has 0 radical (unpaired) electrons. The zero-order chi connectivity index (χ0) is 26.0. The molecule has 3 aromatic carbocycles. The first kappa shape index (κ1) is 25.2. The normalized spacial score (nSPS) is 11.7. The first-order chi connectivity index (χ1) is 17.9. The molecule has 1 N–H and O–H groups in total. The standard InChI is InChI=1S/C29H27ClFN3O2S/c1-29(2,20-4-10-24(30)26(17-20)35-3)27-18-33-28(34(27)22-7-5-21(31)6-8-22)37-15-14-36-23-9-11-25-19(16-23)12-13-32-25/h4-13,16-18,32H,14-15H2,1-3H3. The number of fused-ring (bicyclic) bond motifs is 1. The van der Waals surface area contributed by atoms with Crippen LogP contribution in [0.3, 0.4) is 0 Å². The lowest BCUT2D eigenvalue weighted by atomic mass is 9.81. The van der Waals surface area contributed by atoms with Gasteiger partial charge in [0.1, 0.15) is 17.3 Å². The maximum atomic E-state index is 13.8. The molecule has 0 amide bonds. The maximum Gasteiger partial charge on any atom is 0.172 e. The van der Waals surface area contributed by atoms with Gasteiger partial charge in [0.05, 0.1) is 30.6 Å². The van der Waals surface area contributed by atoms with Crippen LogP contribution < -0.4 is 9.47 Å². The van der Waals surface area contributed by atoms with E-state index in [1.165, 1.54) is 12.1 Å². The second-order valence-corrected chi connectivity index (χ2v) is 10.6. The molecule has 5 rings (SSSR count). The van der Waals surface area contributed by atoms with Crippen LogP contribution in [0.5, 0.6) is 11.5 Å². The molecule has 0 saturated heterocycles. The lowest BCUT2D eigenvalue weighted by Gasteiger charge is -2.28. The van der Waals surface area contributed by atoms with Crippen LogP contribution in [0.15, 0.2) is 84.3 Å². The first-order valence-corrected chi connectivity index (χ1v) is 13.2. The Kier molecular flexibility index (Phi) is 7.17. The van der Waals surface area contributed by atoms with Gasteiger partial charge in [0.2, 0.25) is 0 Å². The van der Waals surface area contributed by atoms with E-state index in [-0.39, 0.29) is 5.82 Å². The highest BCUT2D eigenvalue weighted by Crippen LogP contribution is 2.38. The summed E-state index contributed by atoms with van der Waals surface area (Å²) in [6, 6.07) is 20.3. The quantitative estimate of drug-likeness (QED) is 0.155. The van der Waals surface area contributed by atoms with Crippen molar-refractivity contribution in [3.63, 3.8) is 0 Å². The van der Waals surface area contributed by atoms with Crippen LogP contribution in [0.2, 0.25) is 5.02 Å². The Labute approximate surface area is 224 Å². The molecule has 0 aliphatic carbocycles. The molecule has 2 aromatic heterocycles. The second-order valence-electron chi connectivity index (χ2n) is 9.14. The monoisotopic (exact) mass is 535 g/mol.